The zero-order valence-electron chi connectivity index (χ0n) is 9.93. The summed E-state index contributed by atoms with van der Waals surface area (Å²) in [7, 11) is 0. The Morgan fingerprint density at radius 3 is 3.11 bits per heavy atom. The maximum atomic E-state index is 11.7. The van der Waals surface area contributed by atoms with Crippen molar-refractivity contribution >= 4 is 27.8 Å². The maximum Gasteiger partial charge on any atom is 0.354 e. The standard InChI is InChI=1S/C14H12N2O2/c1-2-18-14(17)12-8-9-5-6-11-10(13(9)16-12)4-3-7-15-11/h3-8,16H,2H2,1H3. The molecule has 0 spiro atoms. The molecule has 3 aromatic rings. The highest BCUT2D eigenvalue weighted by Crippen LogP contribution is 2.24. The summed E-state index contributed by atoms with van der Waals surface area (Å²) in [6.07, 6.45) is 1.75. The Morgan fingerprint density at radius 1 is 1.39 bits per heavy atom. The van der Waals surface area contributed by atoms with Crippen molar-refractivity contribution in [2.45, 2.75) is 6.92 Å². The number of esters is 1. The second kappa shape index (κ2) is 4.14. The predicted molar refractivity (Wildman–Crippen MR) is 69.6 cm³/mol. The number of rotatable bonds is 2. The minimum Gasteiger partial charge on any atom is -0.461 e. The molecule has 0 atom stereocenters. The van der Waals surface area contributed by atoms with Gasteiger partial charge in [0.05, 0.1) is 17.6 Å². The Labute approximate surface area is 104 Å². The van der Waals surface area contributed by atoms with Gasteiger partial charge < -0.3 is 9.72 Å². The van der Waals surface area contributed by atoms with Crippen LogP contribution in [0, 0.1) is 0 Å². The van der Waals surface area contributed by atoms with Crippen LogP contribution in [-0.4, -0.2) is 22.5 Å². The number of pyridine rings is 1. The third kappa shape index (κ3) is 1.62. The quantitative estimate of drug-likeness (QED) is 0.701. The summed E-state index contributed by atoms with van der Waals surface area (Å²) in [6, 6.07) is 9.56. The van der Waals surface area contributed by atoms with Gasteiger partial charge in [-0.1, -0.05) is 6.07 Å². The molecule has 1 N–H and O–H groups in total. The van der Waals surface area contributed by atoms with Crippen molar-refractivity contribution in [1.82, 2.24) is 9.97 Å². The van der Waals surface area contributed by atoms with Gasteiger partial charge >= 0.3 is 5.97 Å². The summed E-state index contributed by atoms with van der Waals surface area (Å²) in [5.74, 6) is -0.328. The molecule has 2 heterocycles. The number of H-pyrrole nitrogens is 1. The van der Waals surface area contributed by atoms with E-state index >= 15 is 0 Å². The molecule has 1 aromatic carbocycles. The van der Waals surface area contributed by atoms with Crippen molar-refractivity contribution < 1.29 is 9.53 Å². The fourth-order valence-electron chi connectivity index (χ4n) is 2.07. The van der Waals surface area contributed by atoms with E-state index in [4.69, 9.17) is 4.74 Å². The van der Waals surface area contributed by atoms with Crippen LogP contribution in [0.25, 0.3) is 21.8 Å². The number of hydrogen-bond donors (Lipinski definition) is 1. The summed E-state index contributed by atoms with van der Waals surface area (Å²) < 4.78 is 4.98. The van der Waals surface area contributed by atoms with E-state index in [0.717, 1.165) is 21.8 Å². The van der Waals surface area contributed by atoms with Gasteiger partial charge in [-0.25, -0.2) is 4.79 Å². The molecule has 18 heavy (non-hydrogen) atoms. The number of fused-ring (bicyclic) bond motifs is 3. The van der Waals surface area contributed by atoms with E-state index in [1.807, 2.05) is 24.3 Å². The lowest BCUT2D eigenvalue weighted by atomic mass is 10.1. The van der Waals surface area contributed by atoms with Gasteiger partial charge in [0.15, 0.2) is 0 Å². The van der Waals surface area contributed by atoms with Crippen LogP contribution in [0.4, 0.5) is 0 Å². The highest BCUT2D eigenvalue weighted by atomic mass is 16.5. The normalized spacial score (nSPS) is 10.9. The molecule has 90 valence electrons. The first-order chi connectivity index (χ1) is 8.79. The largest absolute Gasteiger partial charge is 0.461 e. The smallest absolute Gasteiger partial charge is 0.354 e. The zero-order valence-corrected chi connectivity index (χ0v) is 9.93. The highest BCUT2D eigenvalue weighted by molar-refractivity contribution is 6.07. The third-order valence-corrected chi connectivity index (χ3v) is 2.87. The first-order valence-electron chi connectivity index (χ1n) is 5.83. The second-order valence-corrected chi connectivity index (χ2v) is 4.00. The van der Waals surface area contributed by atoms with Crippen LogP contribution in [0.3, 0.4) is 0 Å². The van der Waals surface area contributed by atoms with Gasteiger partial charge in [-0.2, -0.15) is 0 Å². The number of aromatic amines is 1. The van der Waals surface area contributed by atoms with Gasteiger partial charge in [0.2, 0.25) is 0 Å². The Balaban J connectivity index is 2.22. The lowest BCUT2D eigenvalue weighted by molar-refractivity contribution is 0.0520. The summed E-state index contributed by atoms with van der Waals surface area (Å²) >= 11 is 0. The lowest BCUT2D eigenvalue weighted by Crippen LogP contribution is -2.04. The highest BCUT2D eigenvalue weighted by Gasteiger charge is 2.11. The van der Waals surface area contributed by atoms with Gasteiger partial charge in [0, 0.05) is 17.0 Å². The summed E-state index contributed by atoms with van der Waals surface area (Å²) in [4.78, 5) is 19.1. The number of ether oxygens (including phenoxy) is 1. The number of carbonyl (C=O) groups is 1. The number of benzene rings is 1. The second-order valence-electron chi connectivity index (χ2n) is 4.00. The summed E-state index contributed by atoms with van der Waals surface area (Å²) in [6.45, 7) is 2.16. The molecule has 0 unspecified atom stereocenters. The average molecular weight is 240 g/mol. The van der Waals surface area contributed by atoms with E-state index in [9.17, 15) is 4.79 Å². The van der Waals surface area contributed by atoms with Crippen molar-refractivity contribution in [2.75, 3.05) is 6.61 Å². The molecule has 0 amide bonds. The summed E-state index contributed by atoms with van der Waals surface area (Å²) in [5, 5.41) is 1.99. The molecular weight excluding hydrogens is 228 g/mol. The number of aromatic nitrogens is 2. The van der Waals surface area contributed by atoms with Crippen LogP contribution in [-0.2, 0) is 4.74 Å². The van der Waals surface area contributed by atoms with E-state index in [1.54, 1.807) is 19.2 Å². The van der Waals surface area contributed by atoms with Crippen molar-refractivity contribution in [1.29, 1.82) is 0 Å². The van der Waals surface area contributed by atoms with Crippen LogP contribution >= 0.6 is 0 Å². The minimum atomic E-state index is -0.328. The molecule has 0 aliphatic heterocycles. The molecule has 2 aromatic heterocycles. The zero-order chi connectivity index (χ0) is 12.5. The SMILES string of the molecule is CCOC(=O)c1cc2ccc3ncccc3c2[nH]1. The number of hydrogen-bond acceptors (Lipinski definition) is 3. The van der Waals surface area contributed by atoms with Crippen LogP contribution in [0.1, 0.15) is 17.4 Å². The molecule has 4 nitrogen and oxygen atoms in total. The molecule has 0 aliphatic carbocycles. The molecule has 3 rings (SSSR count). The van der Waals surface area contributed by atoms with Gasteiger partial charge in [-0.3, -0.25) is 4.98 Å². The van der Waals surface area contributed by atoms with Crippen molar-refractivity contribution in [3.63, 3.8) is 0 Å². The van der Waals surface area contributed by atoms with E-state index in [1.165, 1.54) is 0 Å². The van der Waals surface area contributed by atoms with E-state index in [2.05, 4.69) is 9.97 Å². The molecule has 0 saturated heterocycles. The molecule has 0 aliphatic rings. The van der Waals surface area contributed by atoms with Crippen LogP contribution in [0.5, 0.6) is 0 Å². The van der Waals surface area contributed by atoms with Gasteiger partial charge in [-0.15, -0.1) is 0 Å². The molecule has 0 saturated carbocycles. The molecule has 0 fully saturated rings. The predicted octanol–water partition coefficient (Wildman–Crippen LogP) is 2.89. The number of nitrogens with zero attached hydrogens (tertiary/aromatic N) is 1. The third-order valence-electron chi connectivity index (χ3n) is 2.87. The monoisotopic (exact) mass is 240 g/mol. The van der Waals surface area contributed by atoms with E-state index in [-0.39, 0.29) is 5.97 Å². The fourth-order valence-corrected chi connectivity index (χ4v) is 2.07. The first-order valence-corrected chi connectivity index (χ1v) is 5.83. The molecule has 0 bridgehead atoms. The van der Waals surface area contributed by atoms with Crippen molar-refractivity contribution in [3.05, 3.63) is 42.2 Å². The summed E-state index contributed by atoms with van der Waals surface area (Å²) in [5.41, 5.74) is 2.30. The van der Waals surface area contributed by atoms with Gasteiger partial charge in [0.1, 0.15) is 5.69 Å². The Hall–Kier alpha value is -2.36. The Morgan fingerprint density at radius 2 is 2.28 bits per heavy atom. The minimum absolute atomic E-state index is 0.328. The molecule has 4 heteroatoms. The Kier molecular flexibility index (Phi) is 2.48. The average Bonchev–Trinajstić information content (AvgIpc) is 2.83. The van der Waals surface area contributed by atoms with Crippen molar-refractivity contribution in [2.24, 2.45) is 0 Å². The molecule has 0 radical (unpaired) electrons. The van der Waals surface area contributed by atoms with Gasteiger partial charge in [-0.05, 0) is 31.2 Å². The van der Waals surface area contributed by atoms with Crippen LogP contribution in [0.2, 0.25) is 0 Å². The Bertz CT molecular complexity index is 731. The van der Waals surface area contributed by atoms with Crippen LogP contribution in [0.15, 0.2) is 36.5 Å². The van der Waals surface area contributed by atoms with Gasteiger partial charge in [0.25, 0.3) is 0 Å². The first kappa shape index (κ1) is 10.8. The molecular formula is C14H12N2O2. The van der Waals surface area contributed by atoms with Crippen molar-refractivity contribution in [3.8, 4) is 0 Å². The number of nitrogens with one attached hydrogen (secondary N) is 1. The number of carbonyl (C=O) groups excluding carboxylic acids is 1. The van der Waals surface area contributed by atoms with E-state index in [0.29, 0.717) is 12.3 Å². The topological polar surface area (TPSA) is 55.0 Å². The lowest BCUT2D eigenvalue weighted by Gasteiger charge is -1.98. The fraction of sp³-hybridized carbons (Fsp3) is 0.143. The van der Waals surface area contributed by atoms with Crippen LogP contribution < -0.4 is 0 Å². The maximum absolute atomic E-state index is 11.7. The van der Waals surface area contributed by atoms with E-state index < -0.39 is 0 Å².